The number of carbonyl (C=O) groups is 3. The number of carboxylic acid groups (broad SMARTS) is 1. The van der Waals surface area contributed by atoms with Crippen LogP contribution in [-0.2, 0) is 47.5 Å². The first-order valence-electron chi connectivity index (χ1n) is 16.1. The van der Waals surface area contributed by atoms with Gasteiger partial charge >= 0.3 is 5.97 Å². The van der Waals surface area contributed by atoms with E-state index < -0.39 is 160 Å². The number of aliphatic hydroxyl groups excluding tert-OH is 11. The van der Waals surface area contributed by atoms with Crippen LogP contribution in [0.25, 0.3) is 0 Å². The van der Waals surface area contributed by atoms with E-state index in [-0.39, 0.29) is 0 Å². The van der Waals surface area contributed by atoms with Gasteiger partial charge < -0.3 is 105 Å². The lowest BCUT2D eigenvalue weighted by Gasteiger charge is -2.47. The molecule has 4 saturated heterocycles. The van der Waals surface area contributed by atoms with E-state index in [9.17, 15) is 75.7 Å². The Morgan fingerprint density at radius 1 is 0.615 bits per heavy atom. The van der Waals surface area contributed by atoms with Crippen molar-refractivity contribution in [2.75, 3.05) is 19.8 Å². The molecule has 24 nitrogen and oxygen atoms in total. The first-order valence-corrected chi connectivity index (χ1v) is 16.1. The van der Waals surface area contributed by atoms with E-state index in [4.69, 9.17) is 33.2 Å². The lowest BCUT2D eigenvalue weighted by molar-refractivity contribution is -0.350. The molecule has 0 aliphatic carbocycles. The van der Waals surface area contributed by atoms with Crippen LogP contribution in [0.2, 0.25) is 0 Å². The highest BCUT2D eigenvalue weighted by molar-refractivity contribution is 5.74. The Hall–Kier alpha value is -2.31. The summed E-state index contributed by atoms with van der Waals surface area (Å²) >= 11 is 0. The van der Waals surface area contributed by atoms with Crippen molar-refractivity contribution in [2.24, 2.45) is 0 Å². The second kappa shape index (κ2) is 17.9. The monoisotopic (exact) mass is 762 g/mol. The number of amides is 2. The lowest BCUT2D eigenvalue weighted by atomic mass is 9.95. The molecule has 4 rings (SSSR count). The number of carboxylic acids is 1. The summed E-state index contributed by atoms with van der Waals surface area (Å²) < 4.78 is 38.5. The highest BCUT2D eigenvalue weighted by atomic mass is 16.8. The van der Waals surface area contributed by atoms with Gasteiger partial charge in [0, 0.05) is 13.8 Å². The second-order valence-corrected chi connectivity index (χ2v) is 12.7. The average Bonchev–Trinajstić information content (AvgIpc) is 3.36. The standard InChI is InChI=1S/C28H46N2O22/c1-6(34)29-11-14(37)20(49-27-18(41)15(38)16(39)23(52-27)24(43)44)9(4-32)47-26(11)48-10(5-33)21-17(40)19(42)28(50-21)51-22-12(30-7(2)35)25(45)46-8(3-31)13(22)36/h8-23,25-28,31-33,36-42,45H,3-5H2,1-2H3,(H,29,34)(H,30,35)(H,43,44)/t8-,9-,10-,11-,12-,13-,14-,15+,16+,17-,18-,19-,20-,21+,22-,23+,25-,26+,27+,28+/m1/s1. The minimum atomic E-state index is -2.09. The van der Waals surface area contributed by atoms with Gasteiger partial charge in [-0.05, 0) is 0 Å². The molecule has 0 saturated carbocycles. The smallest absolute Gasteiger partial charge is 0.335 e. The number of hydrogen-bond donors (Lipinski definition) is 14. The van der Waals surface area contributed by atoms with E-state index in [1.165, 1.54) is 0 Å². The van der Waals surface area contributed by atoms with Gasteiger partial charge in [-0.25, -0.2) is 4.79 Å². The summed E-state index contributed by atoms with van der Waals surface area (Å²) in [6.07, 6.45) is -33.0. The Morgan fingerprint density at radius 2 is 1.17 bits per heavy atom. The highest BCUT2D eigenvalue weighted by Gasteiger charge is 2.56. The molecule has 4 aliphatic heterocycles. The summed E-state index contributed by atoms with van der Waals surface area (Å²) in [6.45, 7) is -0.633. The molecule has 52 heavy (non-hydrogen) atoms. The number of aliphatic hydroxyl groups is 11. The van der Waals surface area contributed by atoms with Crippen molar-refractivity contribution in [3.63, 3.8) is 0 Å². The van der Waals surface area contributed by atoms with E-state index in [0.29, 0.717) is 0 Å². The van der Waals surface area contributed by atoms with Crippen LogP contribution in [0.4, 0.5) is 0 Å². The van der Waals surface area contributed by atoms with Gasteiger partial charge in [0.2, 0.25) is 11.8 Å². The van der Waals surface area contributed by atoms with Crippen molar-refractivity contribution in [2.45, 2.75) is 137 Å². The Bertz CT molecular complexity index is 1220. The number of aliphatic carboxylic acids is 1. The van der Waals surface area contributed by atoms with Gasteiger partial charge in [0.25, 0.3) is 0 Å². The third-order valence-corrected chi connectivity index (χ3v) is 8.97. The molecule has 24 heteroatoms. The molecule has 4 fully saturated rings. The normalized spacial score (nSPS) is 46.0. The Balaban J connectivity index is 1.52. The molecule has 0 unspecified atom stereocenters. The SMILES string of the molecule is CC(=O)N[C@@H]1[C@@H](O[C@@H]2O[C@@H]([C@@H](CO)O[C@@H]3O[C@H](CO)[C@@H](O[C@H]4O[C@H](C(=O)O)[C@@H](O)[C@H](O)[C@H]4O)[C@H](O)[C@H]3NC(C)=O)[C@H](O)[C@H]2O)[C@H](O)[C@@H](CO)O[C@H]1O. The van der Waals surface area contributed by atoms with E-state index in [0.717, 1.165) is 13.8 Å². The zero-order valence-corrected chi connectivity index (χ0v) is 27.6. The van der Waals surface area contributed by atoms with E-state index in [2.05, 4.69) is 10.6 Å². The maximum Gasteiger partial charge on any atom is 0.335 e. The van der Waals surface area contributed by atoms with E-state index >= 15 is 0 Å². The first kappa shape index (κ1) is 42.4. The molecule has 300 valence electrons. The van der Waals surface area contributed by atoms with Crippen molar-refractivity contribution in [3.05, 3.63) is 0 Å². The van der Waals surface area contributed by atoms with Crippen LogP contribution >= 0.6 is 0 Å². The molecule has 0 aromatic heterocycles. The second-order valence-electron chi connectivity index (χ2n) is 12.7. The fraction of sp³-hybridized carbons (Fsp3) is 0.893. The van der Waals surface area contributed by atoms with Crippen LogP contribution in [0.15, 0.2) is 0 Å². The molecule has 4 aliphatic rings. The third kappa shape index (κ3) is 8.96. The number of carbonyl (C=O) groups excluding carboxylic acids is 2. The van der Waals surface area contributed by atoms with Crippen molar-refractivity contribution >= 4 is 17.8 Å². The van der Waals surface area contributed by atoms with Crippen molar-refractivity contribution < 1.29 is 109 Å². The molecule has 0 radical (unpaired) electrons. The topological polar surface area (TPSA) is 383 Å². The summed E-state index contributed by atoms with van der Waals surface area (Å²) in [6, 6.07) is -3.11. The molecule has 20 atom stereocenters. The number of ether oxygens (including phenoxy) is 7. The minimum Gasteiger partial charge on any atom is -0.479 e. The van der Waals surface area contributed by atoms with E-state index in [1.807, 2.05) is 0 Å². The predicted molar refractivity (Wildman–Crippen MR) is 158 cm³/mol. The summed E-state index contributed by atoms with van der Waals surface area (Å²) in [7, 11) is 0. The van der Waals surface area contributed by atoms with Crippen LogP contribution in [-0.4, -0.2) is 222 Å². The highest BCUT2D eigenvalue weighted by Crippen LogP contribution is 2.34. The summed E-state index contributed by atoms with van der Waals surface area (Å²) in [5.74, 6) is -3.20. The molecule has 0 spiro atoms. The molecular weight excluding hydrogens is 716 g/mol. The molecule has 0 aromatic carbocycles. The summed E-state index contributed by atoms with van der Waals surface area (Å²) in [5.41, 5.74) is 0. The maximum atomic E-state index is 12.2. The van der Waals surface area contributed by atoms with Gasteiger partial charge in [0.05, 0.1) is 19.8 Å². The van der Waals surface area contributed by atoms with Crippen molar-refractivity contribution in [3.8, 4) is 0 Å². The van der Waals surface area contributed by atoms with Crippen LogP contribution in [0.5, 0.6) is 0 Å². The fourth-order valence-corrected chi connectivity index (χ4v) is 6.34. The molecular formula is C28H46N2O22. The molecule has 4 heterocycles. The number of rotatable bonds is 13. The van der Waals surface area contributed by atoms with Crippen LogP contribution < -0.4 is 10.6 Å². The minimum absolute atomic E-state index is 0.684. The Kier molecular flexibility index (Phi) is 14.6. The number of hydrogen-bond acceptors (Lipinski definition) is 21. The lowest BCUT2D eigenvalue weighted by Crippen LogP contribution is -2.68. The zero-order chi connectivity index (χ0) is 38.8. The molecule has 0 bridgehead atoms. The molecule has 14 N–H and O–H groups in total. The van der Waals surface area contributed by atoms with Crippen LogP contribution in [0.3, 0.4) is 0 Å². The average molecular weight is 763 g/mol. The summed E-state index contributed by atoms with van der Waals surface area (Å²) in [4.78, 5) is 35.5. The molecule has 2 amide bonds. The molecule has 0 aromatic rings. The van der Waals surface area contributed by atoms with Gasteiger partial charge in [-0.1, -0.05) is 0 Å². The van der Waals surface area contributed by atoms with Crippen LogP contribution in [0, 0.1) is 0 Å². The van der Waals surface area contributed by atoms with Crippen molar-refractivity contribution in [1.29, 1.82) is 0 Å². The predicted octanol–water partition coefficient (Wildman–Crippen LogP) is -9.37. The van der Waals surface area contributed by atoms with Gasteiger partial charge in [-0.2, -0.15) is 0 Å². The van der Waals surface area contributed by atoms with Gasteiger partial charge in [-0.15, -0.1) is 0 Å². The fourth-order valence-electron chi connectivity index (χ4n) is 6.34. The van der Waals surface area contributed by atoms with Gasteiger partial charge in [0.15, 0.2) is 31.3 Å². The number of nitrogens with one attached hydrogen (secondary N) is 2. The Morgan fingerprint density at radius 3 is 1.73 bits per heavy atom. The zero-order valence-electron chi connectivity index (χ0n) is 27.6. The van der Waals surface area contributed by atoms with Crippen LogP contribution in [0.1, 0.15) is 13.8 Å². The maximum absolute atomic E-state index is 12.2. The van der Waals surface area contributed by atoms with Gasteiger partial charge in [-0.3, -0.25) is 9.59 Å². The third-order valence-electron chi connectivity index (χ3n) is 8.97. The van der Waals surface area contributed by atoms with Gasteiger partial charge in [0.1, 0.15) is 91.4 Å². The first-order chi connectivity index (χ1) is 24.4. The van der Waals surface area contributed by atoms with Crippen molar-refractivity contribution in [1.82, 2.24) is 10.6 Å². The largest absolute Gasteiger partial charge is 0.479 e. The Labute approximate surface area is 293 Å². The van der Waals surface area contributed by atoms with E-state index in [1.54, 1.807) is 0 Å². The summed E-state index contributed by atoms with van der Waals surface area (Å²) in [5, 5.41) is 129. The quantitative estimate of drug-likeness (QED) is 0.0828.